The SMILES string of the molecule is [2H]C([2H])([2H])Oc1cc(/C=C/C=O)cc(O[Si](C)(C)C(C)(C)C)c1O[Si](C)(C)C(C)(C)C. The maximum absolute atomic E-state index is 10.9. The summed E-state index contributed by atoms with van der Waals surface area (Å²) in [6.45, 7) is 21.1. The highest BCUT2D eigenvalue weighted by molar-refractivity contribution is 6.75. The van der Waals surface area contributed by atoms with Crippen molar-refractivity contribution in [2.75, 3.05) is 7.04 Å². The van der Waals surface area contributed by atoms with E-state index < -0.39 is 23.7 Å². The van der Waals surface area contributed by atoms with Gasteiger partial charge >= 0.3 is 0 Å². The van der Waals surface area contributed by atoms with Crippen LogP contribution >= 0.6 is 0 Å². The molecule has 0 aliphatic rings. The number of ether oxygens (including phenoxy) is 1. The topological polar surface area (TPSA) is 44.8 Å². The summed E-state index contributed by atoms with van der Waals surface area (Å²) >= 11 is 0. The minimum Gasteiger partial charge on any atom is -0.541 e. The molecule has 0 aliphatic heterocycles. The number of methoxy groups -OCH3 is 1. The third-order valence-corrected chi connectivity index (χ3v) is 14.5. The molecular formula is C22H38O4Si2. The zero-order valence-corrected chi connectivity index (χ0v) is 21.0. The van der Waals surface area contributed by atoms with Gasteiger partial charge in [-0.3, -0.25) is 4.79 Å². The molecule has 0 atom stereocenters. The molecule has 0 aromatic heterocycles. The Bertz CT molecular complexity index is 818. The first kappa shape index (κ1) is 19.8. The Morgan fingerprint density at radius 1 is 0.893 bits per heavy atom. The van der Waals surface area contributed by atoms with E-state index in [1.807, 2.05) is 0 Å². The number of hydrogen-bond donors (Lipinski definition) is 0. The van der Waals surface area contributed by atoms with Gasteiger partial charge in [0.15, 0.2) is 11.5 Å². The second-order valence-corrected chi connectivity index (χ2v) is 19.6. The van der Waals surface area contributed by atoms with Crippen LogP contribution in [0.1, 0.15) is 51.2 Å². The Labute approximate surface area is 177 Å². The molecule has 0 saturated heterocycles. The molecule has 28 heavy (non-hydrogen) atoms. The van der Waals surface area contributed by atoms with Crippen molar-refractivity contribution in [1.82, 2.24) is 0 Å². The summed E-state index contributed by atoms with van der Waals surface area (Å²) in [5.41, 5.74) is 0.600. The predicted molar refractivity (Wildman–Crippen MR) is 124 cm³/mol. The van der Waals surface area contributed by atoms with E-state index in [2.05, 4.69) is 67.7 Å². The fourth-order valence-corrected chi connectivity index (χ4v) is 3.96. The van der Waals surface area contributed by atoms with Gasteiger partial charge in [-0.15, -0.1) is 0 Å². The molecule has 4 nitrogen and oxygen atoms in total. The summed E-state index contributed by atoms with van der Waals surface area (Å²) in [5, 5.41) is -0.199. The molecule has 0 amide bonds. The van der Waals surface area contributed by atoms with Crippen molar-refractivity contribution in [3.63, 3.8) is 0 Å². The fourth-order valence-electron chi connectivity index (χ4n) is 1.93. The number of benzene rings is 1. The average Bonchev–Trinajstić information content (AvgIpc) is 2.52. The zero-order chi connectivity index (χ0) is 24.5. The van der Waals surface area contributed by atoms with Gasteiger partial charge in [-0.1, -0.05) is 47.6 Å². The Balaban J connectivity index is 3.80. The van der Waals surface area contributed by atoms with Crippen molar-refractivity contribution in [3.05, 3.63) is 23.8 Å². The molecule has 1 aromatic rings. The molecule has 0 spiro atoms. The number of hydrogen-bond acceptors (Lipinski definition) is 4. The van der Waals surface area contributed by atoms with Crippen LogP contribution in [0.25, 0.3) is 6.08 Å². The highest BCUT2D eigenvalue weighted by Gasteiger charge is 2.43. The predicted octanol–water partition coefficient (Wildman–Crippen LogP) is 6.68. The van der Waals surface area contributed by atoms with Crippen LogP contribution in [-0.2, 0) is 4.79 Å². The van der Waals surface area contributed by atoms with E-state index in [0.717, 1.165) is 0 Å². The monoisotopic (exact) mass is 425 g/mol. The molecule has 1 rings (SSSR count). The zero-order valence-electron chi connectivity index (χ0n) is 22.0. The van der Waals surface area contributed by atoms with Crippen molar-refractivity contribution in [2.45, 2.75) is 77.8 Å². The normalized spacial score (nSPS) is 15.6. The maximum atomic E-state index is 10.9. The highest BCUT2D eigenvalue weighted by Crippen LogP contribution is 2.47. The van der Waals surface area contributed by atoms with Crippen LogP contribution in [0, 0.1) is 0 Å². The summed E-state index contributed by atoms with van der Waals surface area (Å²) < 4.78 is 41.4. The second-order valence-electron chi connectivity index (χ2n) is 10.2. The van der Waals surface area contributed by atoms with Crippen molar-refractivity contribution < 1.29 is 22.5 Å². The van der Waals surface area contributed by atoms with E-state index in [4.69, 9.17) is 17.7 Å². The molecule has 0 radical (unpaired) electrons. The van der Waals surface area contributed by atoms with E-state index in [9.17, 15) is 4.79 Å². The molecule has 0 fully saturated rings. The Morgan fingerprint density at radius 3 is 1.86 bits per heavy atom. The van der Waals surface area contributed by atoms with E-state index in [1.54, 1.807) is 18.2 Å². The minimum atomic E-state index is -2.66. The van der Waals surface area contributed by atoms with E-state index in [1.165, 1.54) is 6.08 Å². The standard InChI is InChI=1S/C22H38O4Si2/c1-21(2,3)27(8,9)25-19-16-17(13-12-14-23)15-18(24-7)20(19)26-28(10,11)22(4,5)6/h12-16H,1-11H3/b13-12+/i7D3. The average molecular weight is 426 g/mol. The fraction of sp³-hybridized carbons (Fsp3) is 0.591. The van der Waals surface area contributed by atoms with Crippen molar-refractivity contribution in [1.29, 1.82) is 0 Å². The first-order valence-corrected chi connectivity index (χ1v) is 15.4. The Morgan fingerprint density at radius 2 is 1.39 bits per heavy atom. The van der Waals surface area contributed by atoms with Crippen molar-refractivity contribution in [3.8, 4) is 17.2 Å². The van der Waals surface area contributed by atoms with E-state index in [0.29, 0.717) is 23.3 Å². The first-order valence-electron chi connectivity index (χ1n) is 11.1. The van der Waals surface area contributed by atoms with Gasteiger partial charge in [-0.2, -0.15) is 0 Å². The quantitative estimate of drug-likeness (QED) is 0.278. The molecular weight excluding hydrogens is 384 g/mol. The first-order chi connectivity index (χ1) is 13.7. The second kappa shape index (κ2) is 8.45. The lowest BCUT2D eigenvalue weighted by Gasteiger charge is -2.40. The Hall–Kier alpha value is -1.54. The van der Waals surface area contributed by atoms with Crippen LogP contribution in [0.2, 0.25) is 36.3 Å². The Kier molecular flexibility index (Phi) is 5.97. The molecule has 0 bridgehead atoms. The summed E-state index contributed by atoms with van der Waals surface area (Å²) in [6, 6.07) is 3.36. The van der Waals surface area contributed by atoms with Gasteiger partial charge in [0.1, 0.15) is 12.0 Å². The van der Waals surface area contributed by atoms with Gasteiger partial charge in [-0.25, -0.2) is 0 Å². The van der Waals surface area contributed by atoms with Gasteiger partial charge in [0, 0.05) is 0 Å². The van der Waals surface area contributed by atoms with Crippen LogP contribution in [-0.4, -0.2) is 30.0 Å². The molecule has 158 valence electrons. The number of carbonyl (C=O) groups excluding carboxylic acids is 1. The van der Waals surface area contributed by atoms with E-state index in [-0.39, 0.29) is 15.8 Å². The van der Waals surface area contributed by atoms with Crippen LogP contribution in [0.5, 0.6) is 17.2 Å². The largest absolute Gasteiger partial charge is 0.541 e. The molecule has 0 aliphatic carbocycles. The number of allylic oxidation sites excluding steroid dienone is 1. The third-order valence-electron chi connectivity index (χ3n) is 5.86. The summed E-state index contributed by atoms with van der Waals surface area (Å²) in [7, 11) is -7.30. The van der Waals surface area contributed by atoms with Gasteiger partial charge in [0.2, 0.25) is 0 Å². The van der Waals surface area contributed by atoms with Crippen LogP contribution < -0.4 is 13.6 Å². The smallest absolute Gasteiger partial charge is 0.250 e. The number of rotatable bonds is 7. The highest BCUT2D eigenvalue weighted by atomic mass is 28.4. The van der Waals surface area contributed by atoms with Crippen molar-refractivity contribution >= 4 is 29.0 Å². The minimum absolute atomic E-state index is 0.0824. The van der Waals surface area contributed by atoms with Crippen LogP contribution in [0.4, 0.5) is 0 Å². The van der Waals surface area contributed by atoms with Crippen LogP contribution in [0.15, 0.2) is 18.2 Å². The number of carbonyl (C=O) groups is 1. The molecule has 6 heteroatoms. The third kappa shape index (κ3) is 5.73. The lowest BCUT2D eigenvalue weighted by molar-refractivity contribution is -0.104. The van der Waals surface area contributed by atoms with Gasteiger partial charge in [0.05, 0.1) is 11.2 Å². The lowest BCUT2D eigenvalue weighted by Crippen LogP contribution is -2.45. The molecule has 0 unspecified atom stereocenters. The number of aldehydes is 1. The van der Waals surface area contributed by atoms with E-state index >= 15 is 0 Å². The summed E-state index contributed by atoms with van der Waals surface area (Å²) in [5.74, 6) is 0.853. The summed E-state index contributed by atoms with van der Waals surface area (Å²) in [6.07, 6.45) is 3.60. The lowest BCUT2D eigenvalue weighted by atomic mass is 10.1. The maximum Gasteiger partial charge on any atom is 0.250 e. The van der Waals surface area contributed by atoms with Gasteiger partial charge < -0.3 is 13.6 Å². The van der Waals surface area contributed by atoms with Gasteiger partial charge in [0.25, 0.3) is 16.6 Å². The van der Waals surface area contributed by atoms with Crippen molar-refractivity contribution in [2.24, 2.45) is 0 Å². The molecule has 0 heterocycles. The summed E-state index contributed by atoms with van der Waals surface area (Å²) in [4.78, 5) is 10.9. The van der Waals surface area contributed by atoms with Gasteiger partial charge in [-0.05, 0) is 60.0 Å². The molecule has 0 N–H and O–H groups in total. The molecule has 0 saturated carbocycles. The molecule has 1 aromatic carbocycles. The van der Waals surface area contributed by atoms with Crippen LogP contribution in [0.3, 0.4) is 0 Å².